The van der Waals surface area contributed by atoms with Crippen LogP contribution >= 0.6 is 0 Å². The van der Waals surface area contributed by atoms with Crippen LogP contribution < -0.4 is 14.8 Å². The zero-order chi connectivity index (χ0) is 20.5. The van der Waals surface area contributed by atoms with Crippen molar-refractivity contribution in [2.24, 2.45) is 0 Å². The van der Waals surface area contributed by atoms with Crippen molar-refractivity contribution in [3.8, 4) is 11.5 Å². The van der Waals surface area contributed by atoms with Crippen LogP contribution in [0, 0.1) is 0 Å². The number of rotatable bonds is 11. The van der Waals surface area contributed by atoms with Crippen LogP contribution in [-0.2, 0) is 10.3 Å². The van der Waals surface area contributed by atoms with Gasteiger partial charge in [-0.25, -0.2) is 0 Å². The van der Waals surface area contributed by atoms with Gasteiger partial charge in [-0.05, 0) is 50.0 Å². The van der Waals surface area contributed by atoms with Crippen molar-refractivity contribution in [3.63, 3.8) is 0 Å². The molecule has 0 aliphatic carbocycles. The maximum absolute atomic E-state index is 12.8. The van der Waals surface area contributed by atoms with Crippen molar-refractivity contribution in [2.45, 2.75) is 63.8 Å². The number of aliphatic hydroxyl groups excluding tert-OH is 1. The number of aliphatic hydroxyl groups is 1. The molecule has 2 heterocycles. The zero-order valence-corrected chi connectivity index (χ0v) is 17.8. The average Bonchev–Trinajstić information content (AvgIpc) is 3.25. The molecule has 1 aromatic carbocycles. The second-order valence-corrected chi connectivity index (χ2v) is 8.29. The summed E-state index contributed by atoms with van der Waals surface area (Å²) in [4.78, 5) is 15.1. The Balaban J connectivity index is 1.74. The number of amides is 1. The van der Waals surface area contributed by atoms with Crippen molar-refractivity contribution in [2.75, 3.05) is 39.5 Å². The third-order valence-electron chi connectivity index (χ3n) is 5.94. The maximum Gasteiger partial charge on any atom is 0.220 e. The van der Waals surface area contributed by atoms with Crippen LogP contribution in [-0.4, -0.2) is 55.4 Å². The number of benzene rings is 1. The van der Waals surface area contributed by atoms with E-state index in [-0.39, 0.29) is 12.5 Å². The molecule has 1 fully saturated rings. The molecule has 1 saturated heterocycles. The number of carbonyl (C=O) groups excluding carboxylic acids is 1. The van der Waals surface area contributed by atoms with Gasteiger partial charge in [-0.2, -0.15) is 0 Å². The van der Waals surface area contributed by atoms with E-state index in [4.69, 9.17) is 9.47 Å². The Morgan fingerprint density at radius 3 is 2.55 bits per heavy atom. The third kappa shape index (κ3) is 5.86. The smallest absolute Gasteiger partial charge is 0.220 e. The average molecular weight is 405 g/mol. The molecule has 1 atom stereocenters. The number of hydrogen-bond acceptors (Lipinski definition) is 5. The molecule has 6 nitrogen and oxygen atoms in total. The first-order valence-electron chi connectivity index (χ1n) is 11.2. The first-order chi connectivity index (χ1) is 14.2. The highest BCUT2D eigenvalue weighted by Gasteiger charge is 2.37. The van der Waals surface area contributed by atoms with Gasteiger partial charge in [0.05, 0.1) is 6.61 Å². The highest BCUT2D eigenvalue weighted by Crippen LogP contribution is 2.35. The van der Waals surface area contributed by atoms with Crippen LogP contribution in [0.1, 0.15) is 63.9 Å². The topological polar surface area (TPSA) is 71.0 Å². The van der Waals surface area contributed by atoms with Gasteiger partial charge in [0.15, 0.2) is 11.5 Å². The molecule has 3 rings (SSSR count). The molecule has 0 bridgehead atoms. The number of carbonyl (C=O) groups is 1. The van der Waals surface area contributed by atoms with Crippen molar-refractivity contribution in [3.05, 3.63) is 23.8 Å². The lowest BCUT2D eigenvalue weighted by molar-refractivity contribution is -0.124. The van der Waals surface area contributed by atoms with E-state index in [1.165, 1.54) is 19.3 Å². The van der Waals surface area contributed by atoms with Crippen molar-refractivity contribution >= 4 is 5.91 Å². The molecule has 0 saturated carbocycles. The molecule has 2 aliphatic rings. The minimum Gasteiger partial charge on any atom is -0.486 e. The summed E-state index contributed by atoms with van der Waals surface area (Å²) in [6.07, 6.45) is 8.36. The van der Waals surface area contributed by atoms with Gasteiger partial charge in [0.2, 0.25) is 5.91 Å². The van der Waals surface area contributed by atoms with Crippen LogP contribution in [0.5, 0.6) is 11.5 Å². The molecule has 2 N–H and O–H groups in total. The highest BCUT2D eigenvalue weighted by molar-refractivity contribution is 5.77. The second-order valence-electron chi connectivity index (χ2n) is 8.29. The van der Waals surface area contributed by atoms with Crippen LogP contribution in [0.3, 0.4) is 0 Å². The molecular formula is C23H36N2O4. The fourth-order valence-electron chi connectivity index (χ4n) is 4.27. The van der Waals surface area contributed by atoms with Gasteiger partial charge in [-0.3, -0.25) is 4.79 Å². The first-order valence-corrected chi connectivity index (χ1v) is 11.2. The molecule has 1 aromatic rings. The van der Waals surface area contributed by atoms with Gasteiger partial charge in [0, 0.05) is 13.0 Å². The van der Waals surface area contributed by atoms with Gasteiger partial charge < -0.3 is 24.8 Å². The molecule has 162 valence electrons. The molecule has 0 unspecified atom stereocenters. The highest BCUT2D eigenvalue weighted by atomic mass is 16.6. The molecular weight excluding hydrogens is 368 g/mol. The summed E-state index contributed by atoms with van der Waals surface area (Å²) in [5.41, 5.74) is 0.0382. The maximum atomic E-state index is 12.8. The summed E-state index contributed by atoms with van der Waals surface area (Å²) in [5.74, 6) is 1.40. The summed E-state index contributed by atoms with van der Waals surface area (Å²) < 4.78 is 11.4. The van der Waals surface area contributed by atoms with E-state index in [0.717, 1.165) is 50.1 Å². The lowest BCUT2D eigenvalue weighted by Crippen LogP contribution is -2.55. The fourth-order valence-corrected chi connectivity index (χ4v) is 4.27. The minimum atomic E-state index is -0.833. The largest absolute Gasteiger partial charge is 0.486 e. The number of likely N-dealkylation sites (tertiary alicyclic amines) is 1. The van der Waals surface area contributed by atoms with Gasteiger partial charge in [0.25, 0.3) is 0 Å². The first kappa shape index (κ1) is 21.9. The predicted molar refractivity (Wildman–Crippen MR) is 113 cm³/mol. The monoisotopic (exact) mass is 404 g/mol. The lowest BCUT2D eigenvalue weighted by atomic mass is 9.89. The van der Waals surface area contributed by atoms with Crippen LogP contribution in [0.2, 0.25) is 0 Å². The number of nitrogens with zero attached hydrogens (tertiary/aromatic N) is 1. The standard InChI is InChI=1S/C23H36N2O4/c1-2-3-4-5-6-9-22(27)24-23(18-26,17-25-12-7-8-13-25)19-10-11-20-21(16-19)29-15-14-28-20/h10-11,16,26H,2-9,12-15,17-18H2,1H3,(H,24,27)/t23-/m1/s1. The molecule has 0 spiro atoms. The molecule has 0 radical (unpaired) electrons. The Labute approximate surface area is 174 Å². The lowest BCUT2D eigenvalue weighted by Gasteiger charge is -2.37. The van der Waals surface area contributed by atoms with Crippen LogP contribution in [0.15, 0.2) is 18.2 Å². The number of unbranched alkanes of at least 4 members (excludes halogenated alkanes) is 4. The van der Waals surface area contributed by atoms with Crippen molar-refractivity contribution in [1.82, 2.24) is 10.2 Å². The van der Waals surface area contributed by atoms with E-state index < -0.39 is 5.54 Å². The van der Waals surface area contributed by atoms with Crippen molar-refractivity contribution < 1.29 is 19.4 Å². The Kier molecular flexibility index (Phi) is 8.19. The Hall–Kier alpha value is -1.79. The minimum absolute atomic E-state index is 0.00429. The van der Waals surface area contributed by atoms with E-state index in [1.54, 1.807) is 0 Å². The van der Waals surface area contributed by atoms with Gasteiger partial charge in [-0.1, -0.05) is 38.7 Å². The van der Waals surface area contributed by atoms with E-state index in [1.807, 2.05) is 18.2 Å². The predicted octanol–water partition coefficient (Wildman–Crippen LogP) is 3.22. The Bertz CT molecular complexity index is 660. The number of ether oxygens (including phenoxy) is 2. The van der Waals surface area contributed by atoms with E-state index in [0.29, 0.717) is 31.9 Å². The quantitative estimate of drug-likeness (QED) is 0.554. The second kappa shape index (κ2) is 10.8. The molecule has 2 aliphatic heterocycles. The fraction of sp³-hybridized carbons (Fsp3) is 0.696. The summed E-state index contributed by atoms with van der Waals surface area (Å²) in [5, 5.41) is 13.7. The van der Waals surface area contributed by atoms with Crippen molar-refractivity contribution in [1.29, 1.82) is 0 Å². The number of hydrogen-bond donors (Lipinski definition) is 2. The number of fused-ring (bicyclic) bond motifs is 1. The summed E-state index contributed by atoms with van der Waals surface area (Å²) in [6, 6.07) is 5.75. The van der Waals surface area contributed by atoms with Gasteiger partial charge in [-0.15, -0.1) is 0 Å². The third-order valence-corrected chi connectivity index (χ3v) is 5.94. The van der Waals surface area contributed by atoms with E-state index in [2.05, 4.69) is 17.1 Å². The molecule has 6 heteroatoms. The summed E-state index contributed by atoms with van der Waals surface area (Å²) in [7, 11) is 0. The Morgan fingerprint density at radius 2 is 1.83 bits per heavy atom. The summed E-state index contributed by atoms with van der Waals surface area (Å²) >= 11 is 0. The van der Waals surface area contributed by atoms with Gasteiger partial charge >= 0.3 is 0 Å². The SMILES string of the molecule is CCCCCCCC(=O)N[C@@](CO)(CN1CCCC1)c1ccc2c(c1)OCCO2. The Morgan fingerprint density at radius 1 is 1.10 bits per heavy atom. The summed E-state index contributed by atoms with van der Waals surface area (Å²) in [6.45, 7) is 5.70. The van der Waals surface area contributed by atoms with Crippen LogP contribution in [0.25, 0.3) is 0 Å². The van der Waals surface area contributed by atoms with E-state index >= 15 is 0 Å². The van der Waals surface area contributed by atoms with Gasteiger partial charge in [0.1, 0.15) is 18.8 Å². The normalized spacial score (nSPS) is 18.4. The zero-order valence-electron chi connectivity index (χ0n) is 17.8. The molecule has 29 heavy (non-hydrogen) atoms. The molecule has 0 aromatic heterocycles. The van der Waals surface area contributed by atoms with E-state index in [9.17, 15) is 9.90 Å². The number of nitrogens with one attached hydrogen (secondary N) is 1. The van der Waals surface area contributed by atoms with Crippen LogP contribution in [0.4, 0.5) is 0 Å². The molecule has 1 amide bonds.